The summed E-state index contributed by atoms with van der Waals surface area (Å²) >= 11 is 0. The highest BCUT2D eigenvalue weighted by Gasteiger charge is 2.35. The van der Waals surface area contributed by atoms with E-state index in [0.717, 1.165) is 33.5 Å². The fourth-order valence-corrected chi connectivity index (χ4v) is 5.85. The fourth-order valence-electron chi connectivity index (χ4n) is 5.85. The number of fused-ring (bicyclic) bond motifs is 1. The Hall–Kier alpha value is -5.90. The molecular weight excluding hydrogens is 592 g/mol. The summed E-state index contributed by atoms with van der Waals surface area (Å²) in [7, 11) is 1.53. The molecule has 10 nitrogen and oxygen atoms in total. The Labute approximate surface area is 273 Å². The number of methoxy groups -OCH3 is 1. The average molecular weight is 629 g/mol. The summed E-state index contributed by atoms with van der Waals surface area (Å²) in [4.78, 5) is 31.5. The lowest BCUT2D eigenvalue weighted by Crippen LogP contribution is -2.31. The number of hydrogen-bond donors (Lipinski definition) is 3. The van der Waals surface area contributed by atoms with Gasteiger partial charge in [-0.1, -0.05) is 72.3 Å². The summed E-state index contributed by atoms with van der Waals surface area (Å²) in [6.45, 7) is 7.58. The number of nitrogens with one attached hydrogen (secondary N) is 3. The van der Waals surface area contributed by atoms with Crippen LogP contribution in [0, 0.1) is 20.8 Å². The summed E-state index contributed by atoms with van der Waals surface area (Å²) in [5, 5.41) is 14.1. The van der Waals surface area contributed by atoms with Gasteiger partial charge in [0.1, 0.15) is 6.04 Å². The number of hydrogen-bond acceptors (Lipinski definition) is 7. The molecule has 5 aromatic rings. The van der Waals surface area contributed by atoms with Gasteiger partial charge in [-0.05, 0) is 68.7 Å². The molecule has 6 rings (SSSR count). The summed E-state index contributed by atoms with van der Waals surface area (Å²) in [6, 6.07) is 27.7. The molecule has 47 heavy (non-hydrogen) atoms. The van der Waals surface area contributed by atoms with Crippen molar-refractivity contribution in [2.45, 2.75) is 33.7 Å². The number of benzene rings is 4. The van der Waals surface area contributed by atoms with E-state index in [4.69, 9.17) is 19.6 Å². The average Bonchev–Trinajstić information content (AvgIpc) is 3.49. The zero-order valence-electron chi connectivity index (χ0n) is 26.9. The third kappa shape index (κ3) is 6.57. The van der Waals surface area contributed by atoms with E-state index >= 15 is 0 Å². The monoisotopic (exact) mass is 628 g/mol. The molecule has 1 aliphatic rings. The van der Waals surface area contributed by atoms with Crippen LogP contribution in [-0.2, 0) is 9.59 Å². The van der Waals surface area contributed by atoms with Crippen LogP contribution in [0.25, 0.3) is 11.4 Å². The summed E-state index contributed by atoms with van der Waals surface area (Å²) in [6.07, 6.45) is 0. The van der Waals surface area contributed by atoms with E-state index in [1.807, 2.05) is 107 Å². The number of carbonyl (C=O) groups is 2. The Balaban J connectivity index is 1.32. The molecule has 0 bridgehead atoms. The van der Waals surface area contributed by atoms with E-state index in [9.17, 15) is 9.59 Å². The summed E-state index contributed by atoms with van der Waals surface area (Å²) in [5.74, 6) is 1.24. The Kier molecular flexibility index (Phi) is 8.75. The van der Waals surface area contributed by atoms with Crippen molar-refractivity contribution < 1.29 is 19.1 Å². The SMILES string of the molecule is COc1cc(C2C(C(=O)Nc3ccccc3)=C(C)Nc3nc(-c4ccccc4)nn32)ccc1OCC(=O)Nc1c(C)cc(C)cc1C. The van der Waals surface area contributed by atoms with Crippen molar-refractivity contribution in [1.29, 1.82) is 0 Å². The molecule has 1 atom stereocenters. The lowest BCUT2D eigenvalue weighted by Gasteiger charge is -2.29. The molecule has 1 aromatic heterocycles. The van der Waals surface area contributed by atoms with Crippen LogP contribution in [0.15, 0.2) is 102 Å². The molecule has 10 heteroatoms. The number of rotatable bonds is 9. The largest absolute Gasteiger partial charge is 0.493 e. The van der Waals surface area contributed by atoms with E-state index in [1.54, 1.807) is 16.8 Å². The van der Waals surface area contributed by atoms with E-state index in [1.165, 1.54) is 7.11 Å². The second-order valence-electron chi connectivity index (χ2n) is 11.5. The van der Waals surface area contributed by atoms with Crippen molar-refractivity contribution >= 4 is 29.1 Å². The van der Waals surface area contributed by atoms with Crippen LogP contribution in [0.1, 0.15) is 35.2 Å². The van der Waals surface area contributed by atoms with Crippen molar-refractivity contribution in [2.24, 2.45) is 0 Å². The highest BCUT2D eigenvalue weighted by atomic mass is 16.5. The molecule has 1 aliphatic heterocycles. The van der Waals surface area contributed by atoms with Crippen molar-refractivity contribution in [3.8, 4) is 22.9 Å². The standard InChI is InChI=1S/C37H36N6O4/c1-22-18-23(2)33(24(3)19-22)40-31(44)21-47-29-17-16-27(20-30(29)46-5)34-32(36(45)39-28-14-10-7-11-15-28)25(4)38-37-41-35(42-43(34)37)26-12-8-6-9-13-26/h6-20,34H,21H2,1-5H3,(H,39,45)(H,40,44)(H,38,41,42). The number of allylic oxidation sites excluding steroid dienone is 1. The van der Waals surface area contributed by atoms with Crippen LogP contribution in [-0.4, -0.2) is 40.3 Å². The number of amides is 2. The van der Waals surface area contributed by atoms with Crippen molar-refractivity contribution in [2.75, 3.05) is 29.7 Å². The molecule has 0 saturated carbocycles. The minimum Gasteiger partial charge on any atom is -0.493 e. The molecule has 0 aliphatic carbocycles. The number of nitrogens with zero attached hydrogens (tertiary/aromatic N) is 3. The topological polar surface area (TPSA) is 119 Å². The normalized spacial score (nSPS) is 13.8. The van der Waals surface area contributed by atoms with Crippen molar-refractivity contribution in [1.82, 2.24) is 14.8 Å². The van der Waals surface area contributed by atoms with Gasteiger partial charge in [0.2, 0.25) is 5.95 Å². The molecule has 238 valence electrons. The molecule has 0 fully saturated rings. The first-order valence-corrected chi connectivity index (χ1v) is 15.3. The van der Waals surface area contributed by atoms with Crippen molar-refractivity contribution in [3.63, 3.8) is 0 Å². The van der Waals surface area contributed by atoms with Crippen LogP contribution in [0.2, 0.25) is 0 Å². The number of para-hydroxylation sites is 1. The van der Waals surface area contributed by atoms with Crippen LogP contribution in [0.4, 0.5) is 17.3 Å². The number of aromatic nitrogens is 3. The second-order valence-corrected chi connectivity index (χ2v) is 11.5. The van der Waals surface area contributed by atoms with Crippen LogP contribution in [0.5, 0.6) is 11.5 Å². The van der Waals surface area contributed by atoms with E-state index in [-0.39, 0.29) is 18.4 Å². The van der Waals surface area contributed by atoms with Gasteiger partial charge in [0.05, 0.1) is 12.7 Å². The molecular formula is C37H36N6O4. The van der Waals surface area contributed by atoms with Gasteiger partial charge in [-0.15, -0.1) is 5.10 Å². The minimum atomic E-state index is -0.654. The first-order chi connectivity index (χ1) is 22.7. The smallest absolute Gasteiger partial charge is 0.262 e. The predicted molar refractivity (Wildman–Crippen MR) is 183 cm³/mol. The van der Waals surface area contributed by atoms with Gasteiger partial charge >= 0.3 is 0 Å². The summed E-state index contributed by atoms with van der Waals surface area (Å²) in [5.41, 5.74) is 7.21. The van der Waals surface area contributed by atoms with E-state index < -0.39 is 6.04 Å². The van der Waals surface area contributed by atoms with Crippen molar-refractivity contribution in [3.05, 3.63) is 125 Å². The van der Waals surface area contributed by atoms with Gasteiger partial charge in [0.15, 0.2) is 23.9 Å². The zero-order chi connectivity index (χ0) is 33.1. The predicted octanol–water partition coefficient (Wildman–Crippen LogP) is 6.82. The van der Waals surface area contributed by atoms with Gasteiger partial charge in [0.25, 0.3) is 11.8 Å². The van der Waals surface area contributed by atoms with Gasteiger partial charge < -0.3 is 25.4 Å². The molecule has 1 unspecified atom stereocenters. The minimum absolute atomic E-state index is 0.215. The molecule has 0 radical (unpaired) electrons. The lowest BCUT2D eigenvalue weighted by atomic mass is 9.94. The molecule has 4 aromatic carbocycles. The Morgan fingerprint density at radius 3 is 2.21 bits per heavy atom. The molecule has 3 N–H and O–H groups in total. The third-order valence-electron chi connectivity index (χ3n) is 7.96. The maximum absolute atomic E-state index is 13.9. The first kappa shape index (κ1) is 31.1. The van der Waals surface area contributed by atoms with Gasteiger partial charge in [-0.3, -0.25) is 9.59 Å². The molecule has 0 spiro atoms. The quantitative estimate of drug-likeness (QED) is 0.164. The fraction of sp³-hybridized carbons (Fsp3) is 0.189. The zero-order valence-corrected chi connectivity index (χ0v) is 26.9. The first-order valence-electron chi connectivity index (χ1n) is 15.3. The van der Waals surface area contributed by atoms with Crippen LogP contribution >= 0.6 is 0 Å². The molecule has 2 amide bonds. The Morgan fingerprint density at radius 1 is 0.851 bits per heavy atom. The van der Waals surface area contributed by atoms with Crippen LogP contribution in [0.3, 0.4) is 0 Å². The highest BCUT2D eigenvalue weighted by molar-refractivity contribution is 6.06. The number of ether oxygens (including phenoxy) is 2. The third-order valence-corrected chi connectivity index (χ3v) is 7.96. The van der Waals surface area contributed by atoms with Crippen LogP contribution < -0.4 is 25.4 Å². The van der Waals surface area contributed by atoms with Gasteiger partial charge in [-0.25, -0.2) is 4.68 Å². The number of aryl methyl sites for hydroxylation is 3. The second kappa shape index (κ2) is 13.2. The highest BCUT2D eigenvalue weighted by Crippen LogP contribution is 2.40. The number of carbonyl (C=O) groups excluding carboxylic acids is 2. The molecule has 0 saturated heterocycles. The lowest BCUT2D eigenvalue weighted by molar-refractivity contribution is -0.118. The summed E-state index contributed by atoms with van der Waals surface area (Å²) < 4.78 is 13.4. The molecule has 2 heterocycles. The maximum atomic E-state index is 13.9. The van der Waals surface area contributed by atoms with Gasteiger partial charge in [0, 0.05) is 22.6 Å². The maximum Gasteiger partial charge on any atom is 0.262 e. The Bertz CT molecular complexity index is 1960. The Morgan fingerprint density at radius 2 is 1.53 bits per heavy atom. The van der Waals surface area contributed by atoms with E-state index in [0.29, 0.717) is 40.2 Å². The van der Waals surface area contributed by atoms with Gasteiger partial charge in [-0.2, -0.15) is 4.98 Å². The number of anilines is 3. The van der Waals surface area contributed by atoms with E-state index in [2.05, 4.69) is 16.0 Å².